The van der Waals surface area contributed by atoms with Gasteiger partial charge in [0, 0.05) is 42.6 Å². The van der Waals surface area contributed by atoms with Crippen molar-refractivity contribution in [3.05, 3.63) is 46.0 Å². The van der Waals surface area contributed by atoms with E-state index in [2.05, 4.69) is 37.5 Å². The Hall–Kier alpha value is -1.24. The minimum Gasteiger partial charge on any atom is -0.383 e. The second-order valence-corrected chi connectivity index (χ2v) is 5.49. The number of aryl methyl sites for hydroxylation is 1. The average Bonchev–Trinajstić information content (AvgIpc) is 2.78. The lowest BCUT2D eigenvalue weighted by atomic mass is 10.2. The standard InChI is InChI=1S/C14H19BrN4O/c1-11-12(7-16-5-6-20-2)9-19(18-11)10-14-4-3-13(15)8-17-14/h3-4,8-9,16H,5-7,10H2,1-2H3. The number of rotatable bonds is 7. The summed E-state index contributed by atoms with van der Waals surface area (Å²) in [6.07, 6.45) is 3.87. The summed E-state index contributed by atoms with van der Waals surface area (Å²) in [7, 11) is 1.70. The van der Waals surface area contributed by atoms with Gasteiger partial charge in [-0.15, -0.1) is 0 Å². The number of pyridine rings is 1. The number of nitrogens with zero attached hydrogens (tertiary/aromatic N) is 3. The fourth-order valence-electron chi connectivity index (χ4n) is 1.88. The van der Waals surface area contributed by atoms with E-state index in [1.165, 1.54) is 5.56 Å². The Labute approximate surface area is 127 Å². The van der Waals surface area contributed by atoms with E-state index < -0.39 is 0 Å². The zero-order valence-corrected chi connectivity index (χ0v) is 13.4. The molecule has 0 bridgehead atoms. The molecular formula is C14H19BrN4O. The van der Waals surface area contributed by atoms with Crippen molar-refractivity contribution in [1.29, 1.82) is 0 Å². The van der Waals surface area contributed by atoms with E-state index in [0.717, 1.165) is 35.6 Å². The average molecular weight is 339 g/mol. The highest BCUT2D eigenvalue weighted by Crippen LogP contribution is 2.10. The maximum atomic E-state index is 5.01. The molecule has 0 aromatic carbocycles. The van der Waals surface area contributed by atoms with E-state index in [4.69, 9.17) is 4.74 Å². The van der Waals surface area contributed by atoms with Gasteiger partial charge in [0.25, 0.3) is 0 Å². The van der Waals surface area contributed by atoms with Gasteiger partial charge in [-0.2, -0.15) is 5.10 Å². The van der Waals surface area contributed by atoms with Crippen LogP contribution in [0.15, 0.2) is 29.0 Å². The van der Waals surface area contributed by atoms with E-state index in [1.807, 2.05) is 23.7 Å². The van der Waals surface area contributed by atoms with E-state index in [9.17, 15) is 0 Å². The zero-order valence-electron chi connectivity index (χ0n) is 11.8. The largest absolute Gasteiger partial charge is 0.383 e. The Morgan fingerprint density at radius 3 is 2.95 bits per heavy atom. The molecule has 2 aromatic rings. The van der Waals surface area contributed by atoms with E-state index in [0.29, 0.717) is 6.54 Å². The van der Waals surface area contributed by atoms with Gasteiger partial charge in [0.2, 0.25) is 0 Å². The van der Waals surface area contributed by atoms with Gasteiger partial charge in [0.15, 0.2) is 0 Å². The Bertz CT molecular complexity index is 539. The lowest BCUT2D eigenvalue weighted by Gasteiger charge is -2.02. The van der Waals surface area contributed by atoms with Gasteiger partial charge in [-0.05, 0) is 35.0 Å². The van der Waals surface area contributed by atoms with Crippen molar-refractivity contribution in [3.63, 3.8) is 0 Å². The molecule has 1 N–H and O–H groups in total. The van der Waals surface area contributed by atoms with Crippen LogP contribution < -0.4 is 5.32 Å². The fraction of sp³-hybridized carbons (Fsp3) is 0.429. The first kappa shape index (κ1) is 15.2. The first-order valence-electron chi connectivity index (χ1n) is 6.52. The monoisotopic (exact) mass is 338 g/mol. The number of hydrogen-bond acceptors (Lipinski definition) is 4. The van der Waals surface area contributed by atoms with E-state index >= 15 is 0 Å². The Morgan fingerprint density at radius 2 is 2.25 bits per heavy atom. The van der Waals surface area contributed by atoms with Crippen molar-refractivity contribution in [2.75, 3.05) is 20.3 Å². The van der Waals surface area contributed by atoms with Gasteiger partial charge in [0.1, 0.15) is 0 Å². The SMILES string of the molecule is COCCNCc1cn(Cc2ccc(Br)cn2)nc1C. The van der Waals surface area contributed by atoms with Gasteiger partial charge in [0.05, 0.1) is 24.5 Å². The molecule has 2 rings (SSSR count). The molecule has 0 unspecified atom stereocenters. The van der Waals surface area contributed by atoms with Gasteiger partial charge >= 0.3 is 0 Å². The number of nitrogens with one attached hydrogen (secondary N) is 1. The lowest BCUT2D eigenvalue weighted by Crippen LogP contribution is -2.18. The maximum Gasteiger partial charge on any atom is 0.0831 e. The predicted octanol–water partition coefficient (Wildman–Crippen LogP) is 2.13. The molecule has 0 radical (unpaired) electrons. The van der Waals surface area contributed by atoms with Gasteiger partial charge in [-0.3, -0.25) is 9.67 Å². The van der Waals surface area contributed by atoms with Gasteiger partial charge in [-0.25, -0.2) is 0 Å². The van der Waals surface area contributed by atoms with Crippen molar-refractivity contribution in [3.8, 4) is 0 Å². The summed E-state index contributed by atoms with van der Waals surface area (Å²) in [4.78, 5) is 4.36. The predicted molar refractivity (Wildman–Crippen MR) is 81.6 cm³/mol. The Morgan fingerprint density at radius 1 is 1.40 bits per heavy atom. The minimum atomic E-state index is 0.687. The Balaban J connectivity index is 1.94. The molecule has 0 spiro atoms. The summed E-state index contributed by atoms with van der Waals surface area (Å²) in [5, 5.41) is 7.85. The first-order valence-corrected chi connectivity index (χ1v) is 7.31. The van der Waals surface area contributed by atoms with E-state index in [1.54, 1.807) is 13.3 Å². The molecule has 5 nitrogen and oxygen atoms in total. The number of halogens is 1. The normalized spacial score (nSPS) is 10.9. The van der Waals surface area contributed by atoms with Gasteiger partial charge < -0.3 is 10.1 Å². The molecule has 0 aliphatic rings. The second-order valence-electron chi connectivity index (χ2n) is 4.57. The summed E-state index contributed by atoms with van der Waals surface area (Å²) < 4.78 is 7.92. The van der Waals surface area contributed by atoms with E-state index in [-0.39, 0.29) is 0 Å². The summed E-state index contributed by atoms with van der Waals surface area (Å²) in [6, 6.07) is 3.99. The smallest absolute Gasteiger partial charge is 0.0831 e. The van der Waals surface area contributed by atoms with Crippen LogP contribution in [0.2, 0.25) is 0 Å². The number of methoxy groups -OCH3 is 1. The molecule has 0 saturated carbocycles. The molecule has 2 heterocycles. The molecule has 0 aliphatic heterocycles. The van der Waals surface area contributed by atoms with Crippen molar-refractivity contribution < 1.29 is 4.74 Å². The molecule has 20 heavy (non-hydrogen) atoms. The topological polar surface area (TPSA) is 52.0 Å². The second kappa shape index (κ2) is 7.52. The summed E-state index contributed by atoms with van der Waals surface area (Å²) >= 11 is 3.38. The third-order valence-corrected chi connectivity index (χ3v) is 3.43. The summed E-state index contributed by atoms with van der Waals surface area (Å²) in [5.41, 5.74) is 3.25. The number of aromatic nitrogens is 3. The van der Waals surface area contributed by atoms with Crippen LogP contribution in [0.5, 0.6) is 0 Å². The van der Waals surface area contributed by atoms with Crippen LogP contribution in [0.4, 0.5) is 0 Å². The molecule has 2 aromatic heterocycles. The van der Waals surface area contributed by atoms with Gasteiger partial charge in [-0.1, -0.05) is 0 Å². The van der Waals surface area contributed by atoms with Crippen LogP contribution in [-0.2, 0) is 17.8 Å². The van der Waals surface area contributed by atoms with Crippen LogP contribution in [0.25, 0.3) is 0 Å². The van der Waals surface area contributed by atoms with Crippen LogP contribution in [0.1, 0.15) is 17.0 Å². The Kier molecular flexibility index (Phi) is 5.70. The van der Waals surface area contributed by atoms with Crippen LogP contribution in [-0.4, -0.2) is 35.0 Å². The van der Waals surface area contributed by atoms with Crippen LogP contribution in [0, 0.1) is 6.92 Å². The maximum absolute atomic E-state index is 5.01. The fourth-order valence-corrected chi connectivity index (χ4v) is 2.11. The molecule has 0 atom stereocenters. The molecular weight excluding hydrogens is 320 g/mol. The minimum absolute atomic E-state index is 0.687. The quantitative estimate of drug-likeness (QED) is 0.786. The molecule has 0 saturated heterocycles. The first-order chi connectivity index (χ1) is 9.69. The molecule has 0 aliphatic carbocycles. The number of hydrogen-bond donors (Lipinski definition) is 1. The molecule has 108 valence electrons. The van der Waals surface area contributed by atoms with Crippen LogP contribution >= 0.6 is 15.9 Å². The van der Waals surface area contributed by atoms with Crippen molar-refractivity contribution in [2.24, 2.45) is 0 Å². The molecule has 0 fully saturated rings. The van der Waals surface area contributed by atoms with Crippen molar-refractivity contribution in [1.82, 2.24) is 20.1 Å². The third-order valence-electron chi connectivity index (χ3n) is 2.96. The third kappa shape index (κ3) is 4.40. The number of ether oxygens (including phenoxy) is 1. The highest BCUT2D eigenvalue weighted by Gasteiger charge is 2.05. The zero-order chi connectivity index (χ0) is 14.4. The van der Waals surface area contributed by atoms with Crippen molar-refractivity contribution >= 4 is 15.9 Å². The summed E-state index contributed by atoms with van der Waals surface area (Å²) in [5.74, 6) is 0. The van der Waals surface area contributed by atoms with Crippen LogP contribution in [0.3, 0.4) is 0 Å². The summed E-state index contributed by atoms with van der Waals surface area (Å²) in [6.45, 7) is 5.08. The van der Waals surface area contributed by atoms with Crippen molar-refractivity contribution in [2.45, 2.75) is 20.0 Å². The lowest BCUT2D eigenvalue weighted by molar-refractivity contribution is 0.199. The molecule has 6 heteroatoms. The molecule has 0 amide bonds. The highest BCUT2D eigenvalue weighted by atomic mass is 79.9. The highest BCUT2D eigenvalue weighted by molar-refractivity contribution is 9.10.